The first-order chi connectivity index (χ1) is 5.70. The van der Waals surface area contributed by atoms with Crippen molar-refractivity contribution in [2.75, 3.05) is 11.9 Å². The van der Waals surface area contributed by atoms with Crippen molar-refractivity contribution >= 4 is 5.69 Å². The van der Waals surface area contributed by atoms with Crippen LogP contribution in [0.25, 0.3) is 0 Å². The molecule has 0 bridgehead atoms. The van der Waals surface area contributed by atoms with E-state index in [1.165, 1.54) is 0 Å². The number of aromatic nitrogens is 1. The number of alkyl halides is 2. The highest BCUT2D eigenvalue weighted by atomic mass is 19.3. The molecule has 1 aromatic rings. The second kappa shape index (κ2) is 3.99. The molecular formula is C8H10F2N2. The van der Waals surface area contributed by atoms with Gasteiger partial charge in [0.25, 0.3) is 6.43 Å². The predicted molar refractivity (Wildman–Crippen MR) is 43.5 cm³/mol. The van der Waals surface area contributed by atoms with Gasteiger partial charge in [-0.15, -0.1) is 0 Å². The summed E-state index contributed by atoms with van der Waals surface area (Å²) in [4.78, 5) is 3.84. The lowest BCUT2D eigenvalue weighted by Crippen LogP contribution is -2.10. The van der Waals surface area contributed by atoms with Crippen LogP contribution in [0.2, 0.25) is 0 Å². The molecule has 1 N–H and O–H groups in total. The Morgan fingerprint density at radius 1 is 1.58 bits per heavy atom. The summed E-state index contributed by atoms with van der Waals surface area (Å²) in [5, 5.41) is 2.62. The van der Waals surface area contributed by atoms with E-state index >= 15 is 0 Å². The quantitative estimate of drug-likeness (QED) is 0.754. The Morgan fingerprint density at radius 2 is 2.33 bits per heavy atom. The van der Waals surface area contributed by atoms with E-state index in [1.807, 2.05) is 6.92 Å². The van der Waals surface area contributed by atoms with Gasteiger partial charge in [-0.3, -0.25) is 4.98 Å². The maximum absolute atomic E-state index is 11.8. The van der Waals surface area contributed by atoms with Gasteiger partial charge in [0, 0.05) is 18.1 Å². The zero-order valence-electron chi connectivity index (χ0n) is 6.72. The van der Waals surface area contributed by atoms with Crippen molar-refractivity contribution in [3.8, 4) is 0 Å². The van der Waals surface area contributed by atoms with Crippen LogP contribution in [-0.2, 0) is 0 Å². The normalized spacial score (nSPS) is 10.3. The lowest BCUT2D eigenvalue weighted by molar-refractivity contribution is 0.163. The van der Waals surface area contributed by atoms with Crippen LogP contribution < -0.4 is 5.32 Å². The molecule has 0 fully saturated rings. The first-order valence-corrected chi connectivity index (χ1v) is 3.63. The Bertz CT molecular complexity index is 251. The third-order valence-electron chi connectivity index (χ3n) is 1.47. The van der Waals surface area contributed by atoms with Crippen LogP contribution in [0.1, 0.15) is 5.56 Å². The van der Waals surface area contributed by atoms with Gasteiger partial charge in [0.2, 0.25) is 0 Å². The number of rotatable bonds is 3. The molecule has 0 saturated carbocycles. The van der Waals surface area contributed by atoms with Gasteiger partial charge in [-0.05, 0) is 18.6 Å². The van der Waals surface area contributed by atoms with E-state index in [0.29, 0.717) is 5.69 Å². The Kier molecular flexibility index (Phi) is 2.96. The fourth-order valence-electron chi connectivity index (χ4n) is 0.859. The number of nitrogens with zero attached hydrogens (tertiary/aromatic N) is 1. The molecule has 0 spiro atoms. The van der Waals surface area contributed by atoms with Crippen molar-refractivity contribution in [3.63, 3.8) is 0 Å². The molecule has 4 heteroatoms. The molecule has 1 rings (SSSR count). The summed E-state index contributed by atoms with van der Waals surface area (Å²) in [5.41, 5.74) is 1.59. The zero-order chi connectivity index (χ0) is 8.97. The number of anilines is 1. The first kappa shape index (κ1) is 8.90. The van der Waals surface area contributed by atoms with E-state index < -0.39 is 6.43 Å². The van der Waals surface area contributed by atoms with Crippen molar-refractivity contribution in [1.29, 1.82) is 0 Å². The van der Waals surface area contributed by atoms with Gasteiger partial charge >= 0.3 is 0 Å². The van der Waals surface area contributed by atoms with Crippen LogP contribution >= 0.6 is 0 Å². The van der Waals surface area contributed by atoms with Gasteiger partial charge < -0.3 is 5.32 Å². The van der Waals surface area contributed by atoms with E-state index in [9.17, 15) is 8.78 Å². The van der Waals surface area contributed by atoms with E-state index in [1.54, 1.807) is 18.5 Å². The highest BCUT2D eigenvalue weighted by Gasteiger charge is 2.02. The summed E-state index contributed by atoms with van der Waals surface area (Å²) >= 11 is 0. The third kappa shape index (κ3) is 2.45. The van der Waals surface area contributed by atoms with Crippen molar-refractivity contribution in [1.82, 2.24) is 4.98 Å². The highest BCUT2D eigenvalue weighted by molar-refractivity contribution is 5.48. The molecule has 0 aromatic carbocycles. The van der Waals surface area contributed by atoms with Crippen molar-refractivity contribution in [2.45, 2.75) is 13.3 Å². The molecule has 66 valence electrons. The number of pyridine rings is 1. The van der Waals surface area contributed by atoms with Gasteiger partial charge in [0.05, 0.1) is 6.54 Å². The number of hydrogen-bond donors (Lipinski definition) is 1. The minimum atomic E-state index is -2.32. The Hall–Kier alpha value is -1.19. The average Bonchev–Trinajstić information content (AvgIpc) is 2.03. The summed E-state index contributed by atoms with van der Waals surface area (Å²) in [6.45, 7) is 1.51. The van der Waals surface area contributed by atoms with E-state index in [4.69, 9.17) is 0 Å². The number of nitrogens with one attached hydrogen (secondary N) is 1. The fraction of sp³-hybridized carbons (Fsp3) is 0.375. The minimum absolute atomic E-state index is 0.315. The van der Waals surface area contributed by atoms with Gasteiger partial charge in [-0.25, -0.2) is 8.78 Å². The van der Waals surface area contributed by atoms with Gasteiger partial charge in [0.1, 0.15) is 0 Å². The monoisotopic (exact) mass is 172 g/mol. The summed E-state index contributed by atoms with van der Waals surface area (Å²) < 4.78 is 23.5. The first-order valence-electron chi connectivity index (χ1n) is 3.63. The van der Waals surface area contributed by atoms with E-state index in [0.717, 1.165) is 5.56 Å². The molecule has 2 nitrogen and oxygen atoms in total. The molecule has 0 atom stereocenters. The molecular weight excluding hydrogens is 162 g/mol. The number of aryl methyl sites for hydroxylation is 1. The third-order valence-corrected chi connectivity index (χ3v) is 1.47. The average molecular weight is 172 g/mol. The van der Waals surface area contributed by atoms with E-state index in [-0.39, 0.29) is 6.54 Å². The lowest BCUT2D eigenvalue weighted by Gasteiger charge is -2.07. The second-order valence-corrected chi connectivity index (χ2v) is 2.46. The van der Waals surface area contributed by atoms with Crippen LogP contribution in [0, 0.1) is 6.92 Å². The SMILES string of the molecule is Cc1cnccc1NCC(F)F. The zero-order valence-corrected chi connectivity index (χ0v) is 6.72. The standard InChI is InChI=1S/C8H10F2N2/c1-6-4-11-3-2-7(6)12-5-8(9)10/h2-4,8H,5H2,1H3,(H,11,12). The topological polar surface area (TPSA) is 24.9 Å². The predicted octanol–water partition coefficient (Wildman–Crippen LogP) is 2.07. The molecule has 1 aromatic heterocycles. The summed E-state index contributed by atoms with van der Waals surface area (Å²) in [7, 11) is 0. The van der Waals surface area contributed by atoms with Crippen LogP contribution in [0.3, 0.4) is 0 Å². The van der Waals surface area contributed by atoms with Crippen LogP contribution in [0.5, 0.6) is 0 Å². The summed E-state index contributed by atoms with van der Waals surface area (Å²) in [5.74, 6) is 0. The Balaban J connectivity index is 2.57. The van der Waals surface area contributed by atoms with E-state index in [2.05, 4.69) is 10.3 Å². The van der Waals surface area contributed by atoms with Crippen LogP contribution in [0.4, 0.5) is 14.5 Å². The summed E-state index contributed by atoms with van der Waals surface area (Å²) in [6, 6.07) is 1.68. The molecule has 1 heterocycles. The summed E-state index contributed by atoms with van der Waals surface area (Å²) in [6.07, 6.45) is 0.881. The van der Waals surface area contributed by atoms with Crippen molar-refractivity contribution in [3.05, 3.63) is 24.0 Å². The Morgan fingerprint density at radius 3 is 2.92 bits per heavy atom. The minimum Gasteiger partial charge on any atom is -0.379 e. The largest absolute Gasteiger partial charge is 0.379 e. The second-order valence-electron chi connectivity index (χ2n) is 2.46. The lowest BCUT2D eigenvalue weighted by atomic mass is 10.2. The maximum atomic E-state index is 11.8. The number of halogens is 2. The molecule has 0 aliphatic rings. The molecule has 0 unspecified atom stereocenters. The Labute approximate surface area is 69.6 Å². The molecule has 0 aliphatic carbocycles. The molecule has 0 saturated heterocycles. The molecule has 0 amide bonds. The van der Waals surface area contributed by atoms with Crippen LogP contribution in [0.15, 0.2) is 18.5 Å². The van der Waals surface area contributed by atoms with Gasteiger partial charge in [0.15, 0.2) is 0 Å². The van der Waals surface area contributed by atoms with Crippen molar-refractivity contribution in [2.24, 2.45) is 0 Å². The smallest absolute Gasteiger partial charge is 0.255 e. The van der Waals surface area contributed by atoms with Gasteiger partial charge in [-0.1, -0.05) is 0 Å². The van der Waals surface area contributed by atoms with Gasteiger partial charge in [-0.2, -0.15) is 0 Å². The molecule has 0 radical (unpaired) electrons. The molecule has 12 heavy (non-hydrogen) atoms. The number of hydrogen-bond acceptors (Lipinski definition) is 2. The maximum Gasteiger partial charge on any atom is 0.255 e. The highest BCUT2D eigenvalue weighted by Crippen LogP contribution is 2.11. The van der Waals surface area contributed by atoms with Crippen LogP contribution in [-0.4, -0.2) is 18.0 Å². The molecule has 0 aliphatic heterocycles. The fourth-order valence-corrected chi connectivity index (χ4v) is 0.859. The van der Waals surface area contributed by atoms with Crippen molar-refractivity contribution < 1.29 is 8.78 Å².